The molecule has 0 aliphatic heterocycles. The molecule has 0 amide bonds. The smallest absolute Gasteiger partial charge is 0.157 e. The van der Waals surface area contributed by atoms with Gasteiger partial charge >= 0.3 is 0 Å². The number of aromatic hydroxyl groups is 4. The van der Waals surface area contributed by atoms with Crippen molar-refractivity contribution in [1.29, 1.82) is 0 Å². The summed E-state index contributed by atoms with van der Waals surface area (Å²) in [4.78, 5) is 10.1. The Morgan fingerprint density at radius 3 is 1.95 bits per heavy atom. The van der Waals surface area contributed by atoms with Gasteiger partial charge in [0.25, 0.3) is 0 Å². The molecule has 4 N–H and O–H groups in total. The molecule has 0 aliphatic rings. The third kappa shape index (κ3) is 4.53. The topological polar surface area (TPSA) is 98.0 Å². The largest absolute Gasteiger partial charge is 0.508 e. The van der Waals surface area contributed by atoms with E-state index in [1.54, 1.807) is 12.1 Å². The van der Waals surface area contributed by atoms with Crippen molar-refractivity contribution in [2.45, 2.75) is 13.3 Å². The van der Waals surface area contributed by atoms with E-state index in [9.17, 15) is 4.79 Å². The summed E-state index contributed by atoms with van der Waals surface area (Å²) in [6.07, 6.45) is 1.42. The van der Waals surface area contributed by atoms with Crippen LogP contribution in [0.2, 0.25) is 0 Å². The average Bonchev–Trinajstić information content (AvgIpc) is 2.41. The fraction of sp³-hybridized carbons (Fsp3) is 0.133. The Morgan fingerprint density at radius 1 is 0.900 bits per heavy atom. The minimum absolute atomic E-state index is 0.0423. The van der Waals surface area contributed by atoms with E-state index < -0.39 is 0 Å². The molecule has 0 heterocycles. The maximum atomic E-state index is 10.1. The highest BCUT2D eigenvalue weighted by molar-refractivity contribution is 5.76. The standard InChI is InChI=1S/C8H10O2.C7H6O3/c1-2-6-3-4-7(9)8(10)5-6;8-4-5-1-6(9)3-7(10)2-5/h3-5,9-10H,2H2,1H3;1-4,9-10H. The van der Waals surface area contributed by atoms with Gasteiger partial charge in [0.05, 0.1) is 0 Å². The van der Waals surface area contributed by atoms with Crippen LogP contribution in [-0.4, -0.2) is 26.7 Å². The van der Waals surface area contributed by atoms with Crippen molar-refractivity contribution in [1.82, 2.24) is 0 Å². The van der Waals surface area contributed by atoms with E-state index >= 15 is 0 Å². The first-order valence-electron chi connectivity index (χ1n) is 5.95. The van der Waals surface area contributed by atoms with Crippen LogP contribution in [0.5, 0.6) is 23.0 Å². The van der Waals surface area contributed by atoms with E-state index in [1.807, 2.05) is 6.92 Å². The van der Waals surface area contributed by atoms with Crippen molar-refractivity contribution >= 4 is 6.29 Å². The maximum absolute atomic E-state index is 10.1. The summed E-state index contributed by atoms with van der Waals surface area (Å²) in [6.45, 7) is 1.99. The Labute approximate surface area is 116 Å². The third-order valence-electron chi connectivity index (χ3n) is 2.51. The molecule has 106 valence electrons. The molecule has 0 spiro atoms. The highest BCUT2D eigenvalue weighted by Gasteiger charge is 1.97. The zero-order valence-electron chi connectivity index (χ0n) is 10.9. The predicted octanol–water partition coefficient (Wildman–Crippen LogP) is 2.57. The summed E-state index contributed by atoms with van der Waals surface area (Å²) in [5, 5.41) is 35.5. The molecule has 0 bridgehead atoms. The molecule has 2 rings (SSSR count). The number of phenolic OH excluding ortho intramolecular Hbond substituents is 4. The van der Waals surface area contributed by atoms with Gasteiger partial charge in [0.2, 0.25) is 0 Å². The fourth-order valence-electron chi connectivity index (χ4n) is 1.48. The van der Waals surface area contributed by atoms with E-state index in [4.69, 9.17) is 20.4 Å². The molecular formula is C15H16O5. The molecular weight excluding hydrogens is 260 g/mol. The first-order chi connectivity index (χ1) is 9.46. The van der Waals surface area contributed by atoms with Gasteiger partial charge in [-0.1, -0.05) is 13.0 Å². The van der Waals surface area contributed by atoms with Crippen LogP contribution in [0.3, 0.4) is 0 Å². The van der Waals surface area contributed by atoms with Crippen LogP contribution in [0.4, 0.5) is 0 Å². The SMILES string of the molecule is CCc1ccc(O)c(O)c1.O=Cc1cc(O)cc(O)c1. The number of hydrogen-bond donors (Lipinski definition) is 4. The average molecular weight is 276 g/mol. The number of rotatable bonds is 2. The normalized spacial score (nSPS) is 9.45. The number of hydrogen-bond acceptors (Lipinski definition) is 5. The monoisotopic (exact) mass is 276 g/mol. The van der Waals surface area contributed by atoms with Gasteiger partial charge < -0.3 is 20.4 Å². The molecule has 2 aromatic carbocycles. The molecule has 2 aromatic rings. The third-order valence-corrected chi connectivity index (χ3v) is 2.51. The van der Waals surface area contributed by atoms with E-state index in [0.29, 0.717) is 6.29 Å². The summed E-state index contributed by atoms with van der Waals surface area (Å²) >= 11 is 0. The van der Waals surface area contributed by atoms with Crippen LogP contribution in [0.1, 0.15) is 22.8 Å². The van der Waals surface area contributed by atoms with Gasteiger partial charge in [-0.05, 0) is 36.2 Å². The lowest BCUT2D eigenvalue weighted by molar-refractivity contribution is 0.112. The van der Waals surface area contributed by atoms with Crippen molar-refractivity contribution < 1.29 is 25.2 Å². The van der Waals surface area contributed by atoms with Crippen molar-refractivity contribution in [2.75, 3.05) is 0 Å². The fourth-order valence-corrected chi connectivity index (χ4v) is 1.48. The number of phenols is 4. The first-order valence-corrected chi connectivity index (χ1v) is 5.95. The van der Waals surface area contributed by atoms with Crippen LogP contribution in [0.15, 0.2) is 36.4 Å². The maximum Gasteiger partial charge on any atom is 0.157 e. The van der Waals surface area contributed by atoms with E-state index in [2.05, 4.69) is 0 Å². The lowest BCUT2D eigenvalue weighted by Crippen LogP contribution is -1.77. The molecule has 0 fully saturated rings. The van der Waals surface area contributed by atoms with Crippen LogP contribution in [0.25, 0.3) is 0 Å². The number of benzene rings is 2. The minimum atomic E-state index is -0.109. The van der Waals surface area contributed by atoms with Crippen molar-refractivity contribution in [3.8, 4) is 23.0 Å². The van der Waals surface area contributed by atoms with Crippen LogP contribution in [-0.2, 0) is 6.42 Å². The van der Waals surface area contributed by atoms with Gasteiger partial charge in [-0.3, -0.25) is 4.79 Å². The van der Waals surface area contributed by atoms with E-state index in [0.717, 1.165) is 18.1 Å². The number of aryl methyl sites for hydroxylation is 1. The lowest BCUT2D eigenvalue weighted by Gasteiger charge is -1.98. The first kappa shape index (κ1) is 15.4. The van der Waals surface area contributed by atoms with Gasteiger partial charge in [0.15, 0.2) is 11.5 Å². The van der Waals surface area contributed by atoms with Gasteiger partial charge in [0.1, 0.15) is 17.8 Å². The quantitative estimate of drug-likeness (QED) is 0.499. The molecule has 0 saturated carbocycles. The zero-order valence-corrected chi connectivity index (χ0v) is 10.9. The van der Waals surface area contributed by atoms with Gasteiger partial charge in [-0.15, -0.1) is 0 Å². The van der Waals surface area contributed by atoms with Gasteiger partial charge in [0, 0.05) is 11.6 Å². The second-order valence-corrected chi connectivity index (χ2v) is 4.08. The van der Waals surface area contributed by atoms with Crippen molar-refractivity contribution in [2.24, 2.45) is 0 Å². The second kappa shape index (κ2) is 7.04. The Balaban J connectivity index is 0.000000200. The van der Waals surface area contributed by atoms with Crippen molar-refractivity contribution in [3.63, 3.8) is 0 Å². The second-order valence-electron chi connectivity index (χ2n) is 4.08. The molecule has 20 heavy (non-hydrogen) atoms. The molecule has 5 nitrogen and oxygen atoms in total. The summed E-state index contributed by atoms with van der Waals surface area (Å²) in [5.41, 5.74) is 1.29. The van der Waals surface area contributed by atoms with Crippen LogP contribution < -0.4 is 0 Å². The predicted molar refractivity (Wildman–Crippen MR) is 74.3 cm³/mol. The zero-order chi connectivity index (χ0) is 15.1. The number of carbonyl (C=O) groups excluding carboxylic acids is 1. The molecule has 0 radical (unpaired) electrons. The van der Waals surface area contributed by atoms with E-state index in [-0.39, 0.29) is 28.6 Å². The van der Waals surface area contributed by atoms with Crippen LogP contribution >= 0.6 is 0 Å². The van der Waals surface area contributed by atoms with Crippen molar-refractivity contribution in [3.05, 3.63) is 47.5 Å². The Hall–Kier alpha value is -2.69. The Kier molecular flexibility index (Phi) is 5.41. The lowest BCUT2D eigenvalue weighted by atomic mass is 10.1. The molecule has 0 aromatic heterocycles. The molecule has 0 saturated heterocycles. The highest BCUT2D eigenvalue weighted by Crippen LogP contribution is 2.24. The summed E-state index contributed by atoms with van der Waals surface area (Å²) < 4.78 is 0. The Bertz CT molecular complexity index is 573. The molecule has 0 atom stereocenters. The number of carbonyl (C=O) groups is 1. The summed E-state index contributed by atoms with van der Waals surface area (Å²) in [7, 11) is 0. The molecule has 0 aliphatic carbocycles. The Morgan fingerprint density at radius 2 is 1.50 bits per heavy atom. The molecule has 5 heteroatoms. The van der Waals surface area contributed by atoms with Crippen LogP contribution in [0, 0.1) is 0 Å². The number of aldehydes is 1. The van der Waals surface area contributed by atoms with Gasteiger partial charge in [-0.2, -0.15) is 0 Å². The van der Waals surface area contributed by atoms with Gasteiger partial charge in [-0.25, -0.2) is 0 Å². The highest BCUT2D eigenvalue weighted by atomic mass is 16.3. The summed E-state index contributed by atoms with van der Waals surface area (Å²) in [5.74, 6) is -0.319. The molecule has 0 unspecified atom stereocenters. The summed E-state index contributed by atoms with van der Waals surface area (Å²) in [6, 6.07) is 8.55. The minimum Gasteiger partial charge on any atom is -0.508 e. The van der Waals surface area contributed by atoms with E-state index in [1.165, 1.54) is 18.2 Å².